The number of nitrogens with two attached hydrogens (primary N) is 2. The van der Waals surface area contributed by atoms with Gasteiger partial charge >= 0.3 is 0 Å². The summed E-state index contributed by atoms with van der Waals surface area (Å²) in [6, 6.07) is 5.60. The smallest absolute Gasteiger partial charge is 0.271 e. The lowest BCUT2D eigenvalue weighted by Gasteiger charge is -2.29. The van der Waals surface area contributed by atoms with Crippen LogP contribution in [0, 0.1) is 0 Å². The Morgan fingerprint density at radius 2 is 2.07 bits per heavy atom. The Labute approximate surface area is 168 Å². The third-order valence-electron chi connectivity index (χ3n) is 5.51. The Balaban J connectivity index is 1.59. The van der Waals surface area contributed by atoms with Crippen LogP contribution in [0.5, 0.6) is 0 Å². The lowest BCUT2D eigenvalue weighted by Crippen LogP contribution is -2.42. The van der Waals surface area contributed by atoms with Crippen LogP contribution < -0.4 is 22.1 Å². The summed E-state index contributed by atoms with van der Waals surface area (Å²) in [6.45, 7) is 0.541. The van der Waals surface area contributed by atoms with Crippen molar-refractivity contribution in [2.24, 2.45) is 11.5 Å². The SMILES string of the molecule is CN1Cc2cc(Nc3nc(NC4CCCCC4N)cnc3C(N)=O)ccc2C1=O. The second-order valence-corrected chi connectivity index (χ2v) is 7.67. The second kappa shape index (κ2) is 7.67. The van der Waals surface area contributed by atoms with E-state index in [1.807, 2.05) is 6.07 Å². The number of benzene rings is 1. The maximum atomic E-state index is 12.1. The van der Waals surface area contributed by atoms with Gasteiger partial charge in [-0.05, 0) is 36.6 Å². The molecule has 0 saturated heterocycles. The Kier molecular flexibility index (Phi) is 5.06. The minimum absolute atomic E-state index is 0.000755. The highest BCUT2D eigenvalue weighted by Gasteiger charge is 2.25. The van der Waals surface area contributed by atoms with Crippen molar-refractivity contribution < 1.29 is 9.59 Å². The van der Waals surface area contributed by atoms with Gasteiger partial charge in [0, 0.05) is 36.9 Å². The first kappa shape index (κ1) is 19.1. The quantitative estimate of drug-likeness (QED) is 0.603. The van der Waals surface area contributed by atoms with Crippen LogP contribution >= 0.6 is 0 Å². The summed E-state index contributed by atoms with van der Waals surface area (Å²) in [5.41, 5.74) is 14.0. The number of hydrogen-bond donors (Lipinski definition) is 4. The van der Waals surface area contributed by atoms with Gasteiger partial charge in [0.25, 0.3) is 11.8 Å². The van der Waals surface area contributed by atoms with E-state index in [-0.39, 0.29) is 29.5 Å². The third kappa shape index (κ3) is 3.86. The summed E-state index contributed by atoms with van der Waals surface area (Å²) in [4.78, 5) is 34.3. The standard InChI is InChI=1S/C20H25N7O2/c1-27-10-11-8-12(6-7-13(11)20(27)29)24-19-17(18(22)28)23-9-16(26-19)25-15-5-3-2-4-14(15)21/h6-9,14-15H,2-5,10,21H2,1H3,(H2,22,28)(H2,24,25,26). The highest BCUT2D eigenvalue weighted by Crippen LogP contribution is 2.27. The summed E-state index contributed by atoms with van der Waals surface area (Å²) >= 11 is 0. The molecular formula is C20H25N7O2. The van der Waals surface area contributed by atoms with Gasteiger partial charge in [-0.3, -0.25) is 9.59 Å². The van der Waals surface area contributed by atoms with Crippen LogP contribution in [0.2, 0.25) is 0 Å². The molecule has 2 amide bonds. The molecule has 1 aromatic heterocycles. The Bertz CT molecular complexity index is 962. The number of anilines is 3. The Hall–Kier alpha value is -3.20. The van der Waals surface area contributed by atoms with Crippen LogP contribution in [0.15, 0.2) is 24.4 Å². The number of hydrogen-bond acceptors (Lipinski definition) is 7. The van der Waals surface area contributed by atoms with E-state index in [2.05, 4.69) is 20.6 Å². The lowest BCUT2D eigenvalue weighted by atomic mass is 9.91. The molecule has 0 spiro atoms. The van der Waals surface area contributed by atoms with Crippen molar-refractivity contribution in [2.45, 2.75) is 44.3 Å². The van der Waals surface area contributed by atoms with E-state index in [1.165, 1.54) is 6.20 Å². The van der Waals surface area contributed by atoms with Gasteiger partial charge < -0.3 is 27.0 Å². The van der Waals surface area contributed by atoms with E-state index in [0.717, 1.165) is 31.2 Å². The number of carbonyl (C=O) groups is 2. The Morgan fingerprint density at radius 3 is 2.83 bits per heavy atom. The molecule has 9 nitrogen and oxygen atoms in total. The predicted molar refractivity (Wildman–Crippen MR) is 110 cm³/mol. The molecule has 1 aromatic carbocycles. The summed E-state index contributed by atoms with van der Waals surface area (Å²) in [5, 5.41) is 6.46. The van der Waals surface area contributed by atoms with Crippen LogP contribution in [-0.2, 0) is 6.54 Å². The van der Waals surface area contributed by atoms with Crippen molar-refractivity contribution >= 4 is 29.1 Å². The molecule has 1 aliphatic carbocycles. The summed E-state index contributed by atoms with van der Waals surface area (Å²) in [5.74, 6) is 0.136. The van der Waals surface area contributed by atoms with E-state index < -0.39 is 5.91 Å². The summed E-state index contributed by atoms with van der Waals surface area (Å²) in [6.07, 6.45) is 5.69. The third-order valence-corrected chi connectivity index (χ3v) is 5.51. The highest BCUT2D eigenvalue weighted by molar-refractivity contribution is 5.99. The summed E-state index contributed by atoms with van der Waals surface area (Å²) in [7, 11) is 1.76. The zero-order chi connectivity index (χ0) is 20.5. The molecule has 2 aliphatic rings. The van der Waals surface area contributed by atoms with Crippen molar-refractivity contribution in [3.8, 4) is 0 Å². The first-order chi connectivity index (χ1) is 13.9. The van der Waals surface area contributed by atoms with Crippen LogP contribution in [0.25, 0.3) is 0 Å². The van der Waals surface area contributed by atoms with Gasteiger partial charge in [-0.25, -0.2) is 9.97 Å². The fraction of sp³-hybridized carbons (Fsp3) is 0.400. The molecule has 4 rings (SSSR count). The molecule has 152 valence electrons. The average molecular weight is 395 g/mol. The molecule has 1 aliphatic heterocycles. The van der Waals surface area contributed by atoms with Gasteiger partial charge in [-0.15, -0.1) is 0 Å². The molecule has 2 unspecified atom stereocenters. The molecular weight excluding hydrogens is 370 g/mol. The van der Waals surface area contributed by atoms with Crippen LogP contribution in [-0.4, -0.2) is 45.8 Å². The number of nitrogens with one attached hydrogen (secondary N) is 2. The van der Waals surface area contributed by atoms with Crippen LogP contribution in [0.1, 0.15) is 52.1 Å². The lowest BCUT2D eigenvalue weighted by molar-refractivity contribution is 0.0816. The van der Waals surface area contributed by atoms with Gasteiger partial charge in [-0.2, -0.15) is 0 Å². The number of carbonyl (C=O) groups excluding carboxylic acids is 2. The van der Waals surface area contributed by atoms with Crippen LogP contribution in [0.3, 0.4) is 0 Å². The maximum absolute atomic E-state index is 12.1. The van der Waals surface area contributed by atoms with Crippen molar-refractivity contribution in [3.63, 3.8) is 0 Å². The van der Waals surface area contributed by atoms with Gasteiger partial charge in [0.1, 0.15) is 5.82 Å². The number of primary amides is 1. The topological polar surface area (TPSA) is 139 Å². The van der Waals surface area contributed by atoms with Crippen molar-refractivity contribution in [1.82, 2.24) is 14.9 Å². The van der Waals surface area contributed by atoms with Crippen molar-refractivity contribution in [1.29, 1.82) is 0 Å². The van der Waals surface area contributed by atoms with E-state index in [4.69, 9.17) is 11.5 Å². The van der Waals surface area contributed by atoms with Crippen LogP contribution in [0.4, 0.5) is 17.3 Å². The molecule has 9 heteroatoms. The minimum atomic E-state index is -0.669. The van der Waals surface area contributed by atoms with E-state index in [0.29, 0.717) is 23.6 Å². The zero-order valence-corrected chi connectivity index (χ0v) is 16.3. The first-order valence-corrected chi connectivity index (χ1v) is 9.77. The van der Waals surface area contributed by atoms with Gasteiger partial charge in [0.15, 0.2) is 11.5 Å². The highest BCUT2D eigenvalue weighted by atomic mass is 16.2. The number of fused-ring (bicyclic) bond motifs is 1. The Morgan fingerprint density at radius 1 is 1.28 bits per heavy atom. The van der Waals surface area contributed by atoms with E-state index in [1.54, 1.807) is 24.1 Å². The fourth-order valence-corrected chi connectivity index (χ4v) is 3.94. The van der Waals surface area contributed by atoms with Gasteiger partial charge in [0.2, 0.25) is 0 Å². The first-order valence-electron chi connectivity index (χ1n) is 9.77. The second-order valence-electron chi connectivity index (χ2n) is 7.67. The number of amides is 2. The molecule has 1 saturated carbocycles. The molecule has 29 heavy (non-hydrogen) atoms. The zero-order valence-electron chi connectivity index (χ0n) is 16.3. The molecule has 6 N–H and O–H groups in total. The molecule has 2 aromatic rings. The molecule has 0 bridgehead atoms. The number of aromatic nitrogens is 2. The predicted octanol–water partition coefficient (Wildman–Crippen LogP) is 1.59. The van der Waals surface area contributed by atoms with Gasteiger partial charge in [0.05, 0.1) is 6.20 Å². The average Bonchev–Trinajstić information content (AvgIpc) is 2.97. The number of rotatable bonds is 5. The molecule has 1 fully saturated rings. The minimum Gasteiger partial charge on any atom is -0.364 e. The summed E-state index contributed by atoms with van der Waals surface area (Å²) < 4.78 is 0. The monoisotopic (exact) mass is 395 g/mol. The largest absolute Gasteiger partial charge is 0.364 e. The van der Waals surface area contributed by atoms with E-state index in [9.17, 15) is 9.59 Å². The fourth-order valence-electron chi connectivity index (χ4n) is 3.94. The van der Waals surface area contributed by atoms with Crippen molar-refractivity contribution in [2.75, 3.05) is 17.7 Å². The van der Waals surface area contributed by atoms with E-state index >= 15 is 0 Å². The normalized spacial score (nSPS) is 21.0. The molecule has 2 heterocycles. The van der Waals surface area contributed by atoms with Gasteiger partial charge in [-0.1, -0.05) is 12.8 Å². The van der Waals surface area contributed by atoms with Crippen molar-refractivity contribution in [3.05, 3.63) is 41.2 Å². The maximum Gasteiger partial charge on any atom is 0.271 e. The number of nitrogens with zero attached hydrogens (tertiary/aromatic N) is 3. The molecule has 2 atom stereocenters. The molecule has 0 radical (unpaired) electrons.